The summed E-state index contributed by atoms with van der Waals surface area (Å²) >= 11 is 3.52. The Kier molecular flexibility index (Phi) is 5.50. The van der Waals surface area contributed by atoms with Crippen molar-refractivity contribution >= 4 is 15.9 Å². The van der Waals surface area contributed by atoms with Crippen LogP contribution in [0.3, 0.4) is 0 Å². The van der Waals surface area contributed by atoms with E-state index in [2.05, 4.69) is 22.9 Å². The molecule has 0 amide bonds. The largest absolute Gasteiger partial charge is 0.416 e. The Bertz CT molecular complexity index is 347. The third-order valence-corrected chi connectivity index (χ3v) is 3.79. The number of alkyl halides is 4. The minimum absolute atomic E-state index is 0.466. The molecule has 1 unspecified atom stereocenters. The molecule has 17 heavy (non-hydrogen) atoms. The molecule has 0 aromatic heterocycles. The molecule has 0 radical (unpaired) electrons. The SMILES string of the molecule is CCC(Br)CCCc1cccc(C(F)(F)F)c1. The summed E-state index contributed by atoms with van der Waals surface area (Å²) in [6, 6.07) is 5.59. The molecule has 1 atom stereocenters. The van der Waals surface area contributed by atoms with Gasteiger partial charge in [-0.05, 0) is 37.3 Å². The molecule has 0 fully saturated rings. The molecule has 0 saturated carbocycles. The fourth-order valence-corrected chi connectivity index (χ4v) is 1.96. The van der Waals surface area contributed by atoms with Crippen LogP contribution in [-0.2, 0) is 12.6 Å². The Hall–Kier alpha value is -0.510. The summed E-state index contributed by atoms with van der Waals surface area (Å²) in [4.78, 5) is 0.466. The van der Waals surface area contributed by atoms with E-state index in [0.29, 0.717) is 11.2 Å². The Morgan fingerprint density at radius 3 is 2.59 bits per heavy atom. The van der Waals surface area contributed by atoms with Crippen molar-refractivity contribution in [1.29, 1.82) is 0 Å². The van der Waals surface area contributed by atoms with E-state index in [1.165, 1.54) is 12.1 Å². The molecule has 4 heteroatoms. The molecule has 0 aliphatic rings. The topological polar surface area (TPSA) is 0 Å². The van der Waals surface area contributed by atoms with E-state index in [-0.39, 0.29) is 0 Å². The third-order valence-electron chi connectivity index (χ3n) is 2.68. The first kappa shape index (κ1) is 14.6. The van der Waals surface area contributed by atoms with Crippen LogP contribution < -0.4 is 0 Å². The van der Waals surface area contributed by atoms with Crippen LogP contribution in [0.25, 0.3) is 0 Å². The van der Waals surface area contributed by atoms with Gasteiger partial charge in [0.15, 0.2) is 0 Å². The molecule has 96 valence electrons. The predicted molar refractivity (Wildman–Crippen MR) is 67.4 cm³/mol. The lowest BCUT2D eigenvalue weighted by Crippen LogP contribution is -2.05. The highest BCUT2D eigenvalue weighted by atomic mass is 79.9. The minimum atomic E-state index is -4.24. The van der Waals surface area contributed by atoms with Gasteiger partial charge in [-0.3, -0.25) is 0 Å². The molecule has 0 N–H and O–H groups in total. The van der Waals surface area contributed by atoms with E-state index >= 15 is 0 Å². The zero-order valence-corrected chi connectivity index (χ0v) is 11.3. The highest BCUT2D eigenvalue weighted by Gasteiger charge is 2.30. The van der Waals surface area contributed by atoms with E-state index in [0.717, 1.165) is 30.9 Å². The molecule has 0 aliphatic carbocycles. The van der Waals surface area contributed by atoms with Crippen molar-refractivity contribution in [3.63, 3.8) is 0 Å². The van der Waals surface area contributed by atoms with Crippen LogP contribution in [-0.4, -0.2) is 4.83 Å². The summed E-state index contributed by atoms with van der Waals surface area (Å²) in [5.74, 6) is 0. The summed E-state index contributed by atoms with van der Waals surface area (Å²) in [6.07, 6.45) is -0.593. The second-order valence-corrected chi connectivity index (χ2v) is 5.39. The molecule has 0 heterocycles. The standard InChI is InChI=1S/C13H16BrF3/c1-2-12(14)8-4-6-10-5-3-7-11(9-10)13(15,16)17/h3,5,7,9,12H,2,4,6,8H2,1H3. The first-order valence-electron chi connectivity index (χ1n) is 5.73. The van der Waals surface area contributed by atoms with Crippen molar-refractivity contribution in [3.05, 3.63) is 35.4 Å². The number of halogens is 4. The molecule has 0 aliphatic heterocycles. The number of rotatable bonds is 5. The maximum absolute atomic E-state index is 12.5. The molecule has 1 aromatic carbocycles. The number of hydrogen-bond acceptors (Lipinski definition) is 0. The van der Waals surface area contributed by atoms with Crippen molar-refractivity contribution < 1.29 is 13.2 Å². The maximum atomic E-state index is 12.5. The van der Waals surface area contributed by atoms with E-state index in [1.54, 1.807) is 6.07 Å². The lowest BCUT2D eigenvalue weighted by molar-refractivity contribution is -0.137. The summed E-state index contributed by atoms with van der Waals surface area (Å²) in [6.45, 7) is 2.09. The average molecular weight is 309 g/mol. The summed E-state index contributed by atoms with van der Waals surface area (Å²) < 4.78 is 37.4. The fraction of sp³-hybridized carbons (Fsp3) is 0.538. The van der Waals surface area contributed by atoms with Crippen LogP contribution in [0, 0.1) is 0 Å². The van der Waals surface area contributed by atoms with Crippen molar-refractivity contribution in [2.24, 2.45) is 0 Å². The summed E-state index contributed by atoms with van der Waals surface area (Å²) in [5, 5.41) is 0. The zero-order valence-electron chi connectivity index (χ0n) is 9.73. The minimum Gasteiger partial charge on any atom is -0.166 e. The van der Waals surface area contributed by atoms with Gasteiger partial charge in [-0.15, -0.1) is 0 Å². The Labute approximate surface area is 108 Å². The van der Waals surface area contributed by atoms with Gasteiger partial charge in [0, 0.05) is 4.83 Å². The quantitative estimate of drug-likeness (QED) is 0.656. The van der Waals surface area contributed by atoms with Gasteiger partial charge >= 0.3 is 6.18 Å². The highest BCUT2D eigenvalue weighted by molar-refractivity contribution is 9.09. The molecular weight excluding hydrogens is 293 g/mol. The van der Waals surface area contributed by atoms with E-state index in [4.69, 9.17) is 0 Å². The van der Waals surface area contributed by atoms with Gasteiger partial charge in [-0.1, -0.05) is 41.1 Å². The van der Waals surface area contributed by atoms with E-state index in [9.17, 15) is 13.2 Å². The monoisotopic (exact) mass is 308 g/mol. The van der Waals surface area contributed by atoms with Gasteiger partial charge in [0.25, 0.3) is 0 Å². The summed E-state index contributed by atoms with van der Waals surface area (Å²) in [7, 11) is 0. The Morgan fingerprint density at radius 1 is 1.29 bits per heavy atom. The van der Waals surface area contributed by atoms with Crippen LogP contribution in [0.2, 0.25) is 0 Å². The van der Waals surface area contributed by atoms with E-state index < -0.39 is 11.7 Å². The van der Waals surface area contributed by atoms with Gasteiger partial charge in [-0.25, -0.2) is 0 Å². The Morgan fingerprint density at radius 2 is 2.00 bits per heavy atom. The number of hydrogen-bond donors (Lipinski definition) is 0. The van der Waals surface area contributed by atoms with E-state index in [1.807, 2.05) is 0 Å². The van der Waals surface area contributed by atoms with Gasteiger partial charge in [0.1, 0.15) is 0 Å². The molecule has 0 bridgehead atoms. The summed E-state index contributed by atoms with van der Waals surface area (Å²) in [5.41, 5.74) is 0.205. The van der Waals surface area contributed by atoms with Gasteiger partial charge < -0.3 is 0 Å². The smallest absolute Gasteiger partial charge is 0.166 e. The normalized spacial score (nSPS) is 13.7. The molecule has 1 aromatic rings. The first-order valence-corrected chi connectivity index (χ1v) is 6.65. The second-order valence-electron chi connectivity index (χ2n) is 4.10. The van der Waals surface area contributed by atoms with Crippen LogP contribution in [0.1, 0.15) is 37.3 Å². The number of aryl methyl sites for hydroxylation is 1. The van der Waals surface area contributed by atoms with Gasteiger partial charge in [0.2, 0.25) is 0 Å². The Balaban J connectivity index is 2.55. The predicted octanol–water partition coefficient (Wildman–Crippen LogP) is 5.20. The van der Waals surface area contributed by atoms with Gasteiger partial charge in [-0.2, -0.15) is 13.2 Å². The molecule has 0 spiro atoms. The highest BCUT2D eigenvalue weighted by Crippen LogP contribution is 2.29. The van der Waals surface area contributed by atoms with Crippen molar-refractivity contribution in [2.45, 2.75) is 43.6 Å². The molecule has 0 nitrogen and oxygen atoms in total. The van der Waals surface area contributed by atoms with Crippen LogP contribution in [0.5, 0.6) is 0 Å². The third kappa shape index (κ3) is 5.11. The second kappa shape index (κ2) is 6.43. The molecule has 1 rings (SSSR count). The molecular formula is C13H16BrF3. The van der Waals surface area contributed by atoms with Crippen molar-refractivity contribution in [2.75, 3.05) is 0 Å². The fourth-order valence-electron chi connectivity index (χ4n) is 1.63. The molecule has 0 saturated heterocycles. The lowest BCUT2D eigenvalue weighted by Gasteiger charge is -2.09. The van der Waals surface area contributed by atoms with Crippen molar-refractivity contribution in [1.82, 2.24) is 0 Å². The zero-order chi connectivity index (χ0) is 12.9. The van der Waals surface area contributed by atoms with Crippen LogP contribution in [0.15, 0.2) is 24.3 Å². The van der Waals surface area contributed by atoms with Crippen LogP contribution >= 0.6 is 15.9 Å². The lowest BCUT2D eigenvalue weighted by atomic mass is 10.0. The maximum Gasteiger partial charge on any atom is 0.416 e. The van der Waals surface area contributed by atoms with Crippen LogP contribution in [0.4, 0.5) is 13.2 Å². The average Bonchev–Trinajstić information content (AvgIpc) is 2.28. The van der Waals surface area contributed by atoms with Gasteiger partial charge in [0.05, 0.1) is 5.56 Å². The van der Waals surface area contributed by atoms with Crippen molar-refractivity contribution in [3.8, 4) is 0 Å². The first-order chi connectivity index (χ1) is 7.93. The number of benzene rings is 1.